The lowest BCUT2D eigenvalue weighted by Crippen LogP contribution is -2.41. The zero-order valence-electron chi connectivity index (χ0n) is 19.0. The summed E-state index contributed by atoms with van der Waals surface area (Å²) in [7, 11) is 1.77. The van der Waals surface area contributed by atoms with Gasteiger partial charge < -0.3 is 24.8 Å². The monoisotopic (exact) mass is 541 g/mol. The normalized spacial score (nSPS) is 12.1. The van der Waals surface area contributed by atoms with Crippen LogP contribution >= 0.6 is 24.0 Å². The van der Waals surface area contributed by atoms with Crippen LogP contribution < -0.4 is 15.4 Å². The molecule has 1 unspecified atom stereocenters. The van der Waals surface area contributed by atoms with Crippen LogP contribution in [0.3, 0.4) is 0 Å². The van der Waals surface area contributed by atoms with Crippen molar-refractivity contribution in [2.45, 2.75) is 40.0 Å². The van der Waals surface area contributed by atoms with E-state index in [4.69, 9.17) is 14.2 Å². The molecule has 2 N–H and O–H groups in total. The van der Waals surface area contributed by atoms with Crippen LogP contribution in [0.1, 0.15) is 30.5 Å². The highest BCUT2D eigenvalue weighted by Crippen LogP contribution is 2.13. The van der Waals surface area contributed by atoms with Gasteiger partial charge in [0.2, 0.25) is 0 Å². The Bertz CT molecular complexity index is 786. The molecule has 31 heavy (non-hydrogen) atoms. The molecule has 7 heteroatoms. The molecule has 2 aromatic rings. The molecule has 2 rings (SSSR count). The van der Waals surface area contributed by atoms with Crippen LogP contribution in [0.15, 0.2) is 53.5 Å². The number of ether oxygens (including phenoxy) is 3. The zero-order valence-corrected chi connectivity index (χ0v) is 21.3. The van der Waals surface area contributed by atoms with Crippen molar-refractivity contribution in [3.63, 3.8) is 0 Å². The van der Waals surface area contributed by atoms with Crippen molar-refractivity contribution >= 4 is 29.9 Å². The molecule has 0 bridgehead atoms. The minimum Gasteiger partial charge on any atom is -0.489 e. The minimum absolute atomic E-state index is 0. The van der Waals surface area contributed by atoms with Crippen LogP contribution in [0.5, 0.6) is 5.75 Å². The molecule has 2 aromatic carbocycles. The summed E-state index contributed by atoms with van der Waals surface area (Å²) in [6, 6.07) is 16.4. The maximum absolute atomic E-state index is 5.96. The largest absolute Gasteiger partial charge is 0.489 e. The van der Waals surface area contributed by atoms with Crippen LogP contribution in [0.25, 0.3) is 0 Å². The lowest BCUT2D eigenvalue weighted by Gasteiger charge is -2.18. The lowest BCUT2D eigenvalue weighted by molar-refractivity contribution is 0.0453. The molecule has 0 aliphatic heterocycles. The summed E-state index contributed by atoms with van der Waals surface area (Å²) in [5, 5.41) is 6.67. The van der Waals surface area contributed by atoms with E-state index in [2.05, 4.69) is 46.8 Å². The third-order valence-corrected chi connectivity index (χ3v) is 4.40. The molecule has 6 nitrogen and oxygen atoms in total. The first-order chi connectivity index (χ1) is 14.6. The van der Waals surface area contributed by atoms with E-state index in [1.54, 1.807) is 7.05 Å². The van der Waals surface area contributed by atoms with Gasteiger partial charge in [-0.3, -0.25) is 4.99 Å². The van der Waals surface area contributed by atoms with Crippen molar-refractivity contribution in [2.75, 3.05) is 33.4 Å². The van der Waals surface area contributed by atoms with Gasteiger partial charge >= 0.3 is 0 Å². The molecule has 0 aromatic heterocycles. The Hall–Kier alpha value is -1.84. The first-order valence-corrected chi connectivity index (χ1v) is 10.5. The Morgan fingerprint density at radius 2 is 1.74 bits per heavy atom. The molecule has 0 amide bonds. The van der Waals surface area contributed by atoms with Crippen molar-refractivity contribution in [1.29, 1.82) is 0 Å². The number of benzene rings is 2. The second-order valence-electron chi connectivity index (χ2n) is 7.12. The Labute approximate surface area is 203 Å². The second kappa shape index (κ2) is 15.9. The highest BCUT2D eigenvalue weighted by Gasteiger charge is 2.06. The highest BCUT2D eigenvalue weighted by atomic mass is 127. The maximum atomic E-state index is 5.96. The predicted octanol–water partition coefficient (Wildman–Crippen LogP) is 4.30. The van der Waals surface area contributed by atoms with Gasteiger partial charge in [-0.05, 0) is 49.6 Å². The summed E-state index contributed by atoms with van der Waals surface area (Å²) < 4.78 is 16.9. The molecule has 0 saturated heterocycles. The fraction of sp³-hybridized carbons (Fsp3) is 0.458. The SMILES string of the molecule is CCOCCOCc1cccc(CNC(=NC)NCC(C)Oc2cccc(C)c2)c1.I. The maximum Gasteiger partial charge on any atom is 0.191 e. The van der Waals surface area contributed by atoms with Gasteiger partial charge in [-0.15, -0.1) is 24.0 Å². The first kappa shape index (κ1) is 27.2. The third-order valence-electron chi connectivity index (χ3n) is 4.40. The van der Waals surface area contributed by atoms with Gasteiger partial charge in [0.05, 0.1) is 26.4 Å². The molecule has 0 heterocycles. The Morgan fingerprint density at radius 1 is 1.00 bits per heavy atom. The number of nitrogens with one attached hydrogen (secondary N) is 2. The predicted molar refractivity (Wildman–Crippen MR) is 137 cm³/mol. The summed E-state index contributed by atoms with van der Waals surface area (Å²) in [6.45, 7) is 9.96. The summed E-state index contributed by atoms with van der Waals surface area (Å²) in [6.07, 6.45) is 0.0162. The van der Waals surface area contributed by atoms with Crippen molar-refractivity contribution < 1.29 is 14.2 Å². The number of aliphatic imine (C=N–C) groups is 1. The average Bonchev–Trinajstić information content (AvgIpc) is 2.74. The van der Waals surface area contributed by atoms with Crippen LogP contribution in [0, 0.1) is 6.92 Å². The van der Waals surface area contributed by atoms with Crippen LogP contribution in [0.4, 0.5) is 0 Å². The standard InChI is InChI=1S/C24H35N3O3.HI/c1-5-28-12-13-29-18-22-10-7-9-21(15-22)17-27-24(25-4)26-16-20(3)30-23-11-6-8-19(2)14-23;/h6-11,14-15,20H,5,12-13,16-18H2,1-4H3,(H2,25,26,27);1H. The van der Waals surface area contributed by atoms with E-state index in [1.807, 2.05) is 38.1 Å². The van der Waals surface area contributed by atoms with Gasteiger partial charge in [-0.2, -0.15) is 0 Å². The van der Waals surface area contributed by atoms with E-state index < -0.39 is 0 Å². The molecule has 0 spiro atoms. The van der Waals surface area contributed by atoms with Gasteiger partial charge in [-0.25, -0.2) is 0 Å². The Balaban J connectivity index is 0.00000480. The number of halogens is 1. The number of hydrogen-bond acceptors (Lipinski definition) is 4. The van der Waals surface area contributed by atoms with Crippen LogP contribution in [-0.2, 0) is 22.6 Å². The highest BCUT2D eigenvalue weighted by molar-refractivity contribution is 14.0. The summed E-state index contributed by atoms with van der Waals surface area (Å²) in [4.78, 5) is 4.30. The number of hydrogen-bond donors (Lipinski definition) is 2. The summed E-state index contributed by atoms with van der Waals surface area (Å²) >= 11 is 0. The molecule has 0 radical (unpaired) electrons. The number of aryl methyl sites for hydroxylation is 1. The average molecular weight is 541 g/mol. The third kappa shape index (κ3) is 11.4. The molecule has 1 atom stereocenters. The number of rotatable bonds is 12. The van der Waals surface area contributed by atoms with E-state index in [9.17, 15) is 0 Å². The topological polar surface area (TPSA) is 64.1 Å². The van der Waals surface area contributed by atoms with Gasteiger partial charge in [-0.1, -0.05) is 36.4 Å². The van der Waals surface area contributed by atoms with E-state index in [-0.39, 0.29) is 30.1 Å². The van der Waals surface area contributed by atoms with E-state index in [1.165, 1.54) is 11.1 Å². The second-order valence-corrected chi connectivity index (χ2v) is 7.12. The fourth-order valence-electron chi connectivity index (χ4n) is 2.89. The van der Waals surface area contributed by atoms with Gasteiger partial charge in [0, 0.05) is 20.2 Å². The summed E-state index contributed by atoms with van der Waals surface area (Å²) in [5.41, 5.74) is 3.51. The van der Waals surface area contributed by atoms with Crippen molar-refractivity contribution in [3.8, 4) is 5.75 Å². The van der Waals surface area contributed by atoms with E-state index >= 15 is 0 Å². The first-order valence-electron chi connectivity index (χ1n) is 10.5. The quantitative estimate of drug-likeness (QED) is 0.182. The van der Waals surface area contributed by atoms with Crippen molar-refractivity contribution in [3.05, 3.63) is 65.2 Å². The summed E-state index contributed by atoms with van der Waals surface area (Å²) in [5.74, 6) is 1.63. The molecule has 0 fully saturated rings. The van der Waals surface area contributed by atoms with Gasteiger partial charge in [0.25, 0.3) is 0 Å². The molecule has 172 valence electrons. The van der Waals surface area contributed by atoms with Crippen molar-refractivity contribution in [2.24, 2.45) is 4.99 Å². The minimum atomic E-state index is 0. The van der Waals surface area contributed by atoms with E-state index in [0.29, 0.717) is 32.9 Å². The van der Waals surface area contributed by atoms with Gasteiger partial charge in [0.15, 0.2) is 5.96 Å². The fourth-order valence-corrected chi connectivity index (χ4v) is 2.89. The zero-order chi connectivity index (χ0) is 21.6. The molecule has 0 aliphatic carbocycles. The Kier molecular flexibility index (Phi) is 13.9. The Morgan fingerprint density at radius 3 is 2.48 bits per heavy atom. The molecular weight excluding hydrogens is 505 g/mol. The van der Waals surface area contributed by atoms with E-state index in [0.717, 1.165) is 23.9 Å². The number of guanidine groups is 1. The number of nitrogens with zero attached hydrogens (tertiary/aromatic N) is 1. The van der Waals surface area contributed by atoms with Crippen LogP contribution in [-0.4, -0.2) is 45.5 Å². The smallest absolute Gasteiger partial charge is 0.191 e. The molecule has 0 aliphatic rings. The lowest BCUT2D eigenvalue weighted by atomic mass is 10.1. The van der Waals surface area contributed by atoms with Gasteiger partial charge in [0.1, 0.15) is 11.9 Å². The van der Waals surface area contributed by atoms with Crippen molar-refractivity contribution in [1.82, 2.24) is 10.6 Å². The van der Waals surface area contributed by atoms with Crippen LogP contribution in [0.2, 0.25) is 0 Å². The molecular formula is C24H36IN3O3. The molecule has 0 saturated carbocycles.